The third-order valence-corrected chi connectivity index (χ3v) is 5.09. The van der Waals surface area contributed by atoms with Gasteiger partial charge in [0.15, 0.2) is 14.9 Å². The summed E-state index contributed by atoms with van der Waals surface area (Å²) in [5.74, 6) is 0. The molecule has 0 amide bonds. The van der Waals surface area contributed by atoms with Gasteiger partial charge in [-0.3, -0.25) is 0 Å². The highest BCUT2D eigenvalue weighted by molar-refractivity contribution is 7.90. The van der Waals surface area contributed by atoms with Gasteiger partial charge in [0.05, 0.1) is 10.9 Å². The second-order valence-electron chi connectivity index (χ2n) is 5.70. The number of rotatable bonds is 6. The lowest BCUT2D eigenvalue weighted by Crippen LogP contribution is -2.37. The van der Waals surface area contributed by atoms with Gasteiger partial charge in [0.25, 0.3) is 0 Å². The molecular weight excluding hydrogens is 340 g/mol. The second-order valence-corrected chi connectivity index (χ2v) is 8.12. The maximum Gasteiger partial charge on any atom is 0.175 e. The normalized spacial score (nSPS) is 12.4. The van der Waals surface area contributed by atoms with Crippen LogP contribution in [0, 0.1) is 0 Å². The number of hydrogen-bond acceptors (Lipinski definition) is 3. The molecule has 24 heavy (non-hydrogen) atoms. The molecule has 6 heteroatoms. The predicted molar refractivity (Wildman–Crippen MR) is 102 cm³/mol. The van der Waals surface area contributed by atoms with Gasteiger partial charge in [0, 0.05) is 12.8 Å². The van der Waals surface area contributed by atoms with Gasteiger partial charge in [-0.05, 0) is 48.8 Å². The molecule has 0 saturated carbocycles. The first-order valence-electron chi connectivity index (χ1n) is 7.74. The van der Waals surface area contributed by atoms with Crippen molar-refractivity contribution in [2.45, 2.75) is 24.3 Å². The fourth-order valence-electron chi connectivity index (χ4n) is 2.30. The summed E-state index contributed by atoms with van der Waals surface area (Å²) in [5.41, 5.74) is 2.24. The van der Waals surface area contributed by atoms with Gasteiger partial charge in [-0.1, -0.05) is 42.5 Å². The Kier molecular flexibility index (Phi) is 6.34. The minimum absolute atomic E-state index is 0.00432. The SMILES string of the molecule is C[C@@H](NC(=S)NCCc1ccccc1)c1ccc(S(C)(=O)=O)cc1. The average Bonchev–Trinajstić information content (AvgIpc) is 2.55. The van der Waals surface area contributed by atoms with Gasteiger partial charge in [-0.2, -0.15) is 0 Å². The van der Waals surface area contributed by atoms with Crippen LogP contribution in [-0.2, 0) is 16.3 Å². The Bertz CT molecular complexity index is 772. The summed E-state index contributed by atoms with van der Waals surface area (Å²) in [7, 11) is -3.17. The summed E-state index contributed by atoms with van der Waals surface area (Å²) in [5, 5.41) is 6.99. The van der Waals surface area contributed by atoms with E-state index in [-0.39, 0.29) is 6.04 Å². The van der Waals surface area contributed by atoms with E-state index in [0.717, 1.165) is 18.5 Å². The molecule has 0 spiro atoms. The highest BCUT2D eigenvalue weighted by Gasteiger charge is 2.10. The minimum Gasteiger partial charge on any atom is -0.362 e. The zero-order valence-corrected chi connectivity index (χ0v) is 15.5. The van der Waals surface area contributed by atoms with E-state index in [9.17, 15) is 8.42 Å². The monoisotopic (exact) mass is 362 g/mol. The molecule has 2 aromatic rings. The molecule has 1 atom stereocenters. The van der Waals surface area contributed by atoms with Crippen molar-refractivity contribution in [3.8, 4) is 0 Å². The lowest BCUT2D eigenvalue weighted by atomic mass is 10.1. The molecule has 0 heterocycles. The largest absolute Gasteiger partial charge is 0.362 e. The summed E-state index contributed by atoms with van der Waals surface area (Å²) < 4.78 is 23.0. The molecule has 0 aliphatic heterocycles. The molecule has 2 rings (SSSR count). The Morgan fingerprint density at radius 3 is 2.29 bits per heavy atom. The van der Waals surface area contributed by atoms with Crippen LogP contribution >= 0.6 is 12.2 Å². The highest BCUT2D eigenvalue weighted by Crippen LogP contribution is 2.16. The Labute approximate surface area is 149 Å². The van der Waals surface area contributed by atoms with E-state index in [4.69, 9.17) is 12.2 Å². The zero-order valence-electron chi connectivity index (χ0n) is 13.8. The Balaban J connectivity index is 1.83. The molecular formula is C18H22N2O2S2. The van der Waals surface area contributed by atoms with Crippen LogP contribution in [0.3, 0.4) is 0 Å². The third-order valence-electron chi connectivity index (χ3n) is 3.70. The molecule has 0 unspecified atom stereocenters. The molecule has 2 aromatic carbocycles. The van der Waals surface area contributed by atoms with Crippen molar-refractivity contribution in [3.63, 3.8) is 0 Å². The molecule has 2 N–H and O–H groups in total. The van der Waals surface area contributed by atoms with Crippen molar-refractivity contribution in [1.29, 1.82) is 0 Å². The smallest absolute Gasteiger partial charge is 0.175 e. The molecule has 4 nitrogen and oxygen atoms in total. The van der Waals surface area contributed by atoms with Gasteiger partial charge < -0.3 is 10.6 Å². The van der Waals surface area contributed by atoms with E-state index in [2.05, 4.69) is 22.8 Å². The summed E-state index contributed by atoms with van der Waals surface area (Å²) in [4.78, 5) is 0.321. The molecule has 0 bridgehead atoms. The third kappa shape index (κ3) is 5.62. The van der Waals surface area contributed by atoms with E-state index in [1.807, 2.05) is 25.1 Å². The van der Waals surface area contributed by atoms with Gasteiger partial charge >= 0.3 is 0 Å². The molecule has 0 aliphatic carbocycles. The van der Waals surface area contributed by atoms with E-state index >= 15 is 0 Å². The summed E-state index contributed by atoms with van der Waals surface area (Å²) >= 11 is 5.31. The molecule has 0 aliphatic rings. The standard InChI is InChI=1S/C18H22N2O2S2/c1-14(16-8-10-17(11-9-16)24(2,21)22)20-18(23)19-13-12-15-6-4-3-5-7-15/h3-11,14H,12-13H2,1-2H3,(H2,19,20,23)/t14-/m1/s1. The van der Waals surface area contributed by atoms with Gasteiger partial charge in [-0.15, -0.1) is 0 Å². The Morgan fingerprint density at radius 2 is 1.71 bits per heavy atom. The van der Waals surface area contributed by atoms with E-state index < -0.39 is 9.84 Å². The topological polar surface area (TPSA) is 58.2 Å². The first-order chi connectivity index (χ1) is 11.4. The molecule has 0 radical (unpaired) electrons. The van der Waals surface area contributed by atoms with Gasteiger partial charge in [0.1, 0.15) is 0 Å². The summed E-state index contributed by atoms with van der Waals surface area (Å²) in [6.45, 7) is 2.75. The van der Waals surface area contributed by atoms with Crippen LogP contribution in [0.15, 0.2) is 59.5 Å². The zero-order chi connectivity index (χ0) is 17.6. The van der Waals surface area contributed by atoms with Crippen LogP contribution in [0.1, 0.15) is 24.1 Å². The predicted octanol–water partition coefficient (Wildman–Crippen LogP) is 2.86. The Hall–Kier alpha value is -1.92. The van der Waals surface area contributed by atoms with Crippen LogP contribution in [0.4, 0.5) is 0 Å². The molecule has 0 aromatic heterocycles. The van der Waals surface area contributed by atoms with Crippen LogP contribution in [-0.4, -0.2) is 26.3 Å². The first-order valence-corrected chi connectivity index (χ1v) is 10.0. The Morgan fingerprint density at radius 1 is 1.08 bits per heavy atom. The van der Waals surface area contributed by atoms with E-state index in [1.54, 1.807) is 24.3 Å². The number of benzene rings is 2. The quantitative estimate of drug-likeness (QED) is 0.774. The maximum absolute atomic E-state index is 11.5. The number of hydrogen-bond donors (Lipinski definition) is 2. The maximum atomic E-state index is 11.5. The second kappa shape index (κ2) is 8.26. The van der Waals surface area contributed by atoms with Crippen molar-refractivity contribution < 1.29 is 8.42 Å². The van der Waals surface area contributed by atoms with Crippen LogP contribution in [0.2, 0.25) is 0 Å². The number of thiocarbonyl (C=S) groups is 1. The summed E-state index contributed by atoms with van der Waals surface area (Å²) in [6, 6.07) is 17.1. The van der Waals surface area contributed by atoms with Crippen molar-refractivity contribution in [2.24, 2.45) is 0 Å². The van der Waals surface area contributed by atoms with E-state index in [1.165, 1.54) is 11.8 Å². The van der Waals surface area contributed by atoms with Crippen LogP contribution < -0.4 is 10.6 Å². The summed E-state index contributed by atoms with van der Waals surface area (Å²) in [6.07, 6.45) is 2.11. The number of sulfone groups is 1. The first kappa shape index (κ1) is 18.4. The van der Waals surface area contributed by atoms with Crippen molar-refractivity contribution in [1.82, 2.24) is 10.6 Å². The van der Waals surface area contributed by atoms with Gasteiger partial charge in [0.2, 0.25) is 0 Å². The van der Waals surface area contributed by atoms with Crippen molar-refractivity contribution >= 4 is 27.2 Å². The average molecular weight is 363 g/mol. The van der Waals surface area contributed by atoms with Gasteiger partial charge in [-0.25, -0.2) is 8.42 Å². The van der Waals surface area contributed by atoms with E-state index in [0.29, 0.717) is 10.0 Å². The molecule has 128 valence electrons. The lowest BCUT2D eigenvalue weighted by Gasteiger charge is -2.17. The fourth-order valence-corrected chi connectivity index (χ4v) is 3.21. The molecule has 0 fully saturated rings. The molecule has 0 saturated heterocycles. The fraction of sp³-hybridized carbons (Fsp3) is 0.278. The van der Waals surface area contributed by atoms with Crippen LogP contribution in [0.5, 0.6) is 0 Å². The number of nitrogens with one attached hydrogen (secondary N) is 2. The van der Waals surface area contributed by atoms with Crippen LogP contribution in [0.25, 0.3) is 0 Å². The lowest BCUT2D eigenvalue weighted by molar-refractivity contribution is 0.601. The minimum atomic E-state index is -3.17. The van der Waals surface area contributed by atoms with Crippen molar-refractivity contribution in [3.05, 3.63) is 65.7 Å². The highest BCUT2D eigenvalue weighted by atomic mass is 32.2. The van der Waals surface area contributed by atoms with Crippen molar-refractivity contribution in [2.75, 3.05) is 12.8 Å².